The number of rotatable bonds is 4. The van der Waals surface area contributed by atoms with E-state index >= 15 is 0 Å². The van der Waals surface area contributed by atoms with Crippen LogP contribution in [0.3, 0.4) is 0 Å². The predicted molar refractivity (Wildman–Crippen MR) is 74.5 cm³/mol. The predicted octanol–water partition coefficient (Wildman–Crippen LogP) is 2.67. The maximum absolute atomic E-state index is 11.7. The van der Waals surface area contributed by atoms with Gasteiger partial charge >= 0.3 is 5.97 Å². The number of furan rings is 1. The Balaban J connectivity index is 2.68. The van der Waals surface area contributed by atoms with Crippen molar-refractivity contribution in [1.29, 1.82) is 0 Å². The van der Waals surface area contributed by atoms with E-state index in [4.69, 9.17) is 9.52 Å². The van der Waals surface area contributed by atoms with Crippen molar-refractivity contribution in [2.24, 2.45) is 5.41 Å². The van der Waals surface area contributed by atoms with Gasteiger partial charge in [0.15, 0.2) is 4.67 Å². The second kappa shape index (κ2) is 6.06. The molecule has 0 fully saturated rings. The first-order valence-corrected chi connectivity index (χ1v) is 6.46. The number of hydrogen-bond donors (Lipinski definition) is 2. The molecule has 0 bridgehead atoms. The van der Waals surface area contributed by atoms with Gasteiger partial charge in [-0.3, -0.25) is 4.79 Å². The summed E-state index contributed by atoms with van der Waals surface area (Å²) in [4.78, 5) is 22.8. The molecule has 0 spiro atoms. The molecule has 1 aromatic heterocycles. The van der Waals surface area contributed by atoms with Gasteiger partial charge in [-0.1, -0.05) is 20.8 Å². The lowest BCUT2D eigenvalue weighted by atomic mass is 9.87. The van der Waals surface area contributed by atoms with Gasteiger partial charge in [0.1, 0.15) is 11.8 Å². The Hall–Kier alpha value is -1.56. The summed E-state index contributed by atoms with van der Waals surface area (Å²) in [5.41, 5.74) is -0.566. The highest BCUT2D eigenvalue weighted by molar-refractivity contribution is 9.10. The third-order valence-electron chi connectivity index (χ3n) is 2.39. The van der Waals surface area contributed by atoms with Crippen molar-refractivity contribution in [3.63, 3.8) is 0 Å². The van der Waals surface area contributed by atoms with Gasteiger partial charge < -0.3 is 14.8 Å². The van der Waals surface area contributed by atoms with Gasteiger partial charge in [0.2, 0.25) is 5.91 Å². The Kier molecular flexibility index (Phi) is 4.94. The SMILES string of the molecule is CC(C)(C)[C@@H](NC(=O)/C=C/c1ccc(Br)o1)C(=O)O. The monoisotopic (exact) mass is 329 g/mol. The second-order valence-electron chi connectivity index (χ2n) is 5.12. The van der Waals surface area contributed by atoms with Crippen molar-refractivity contribution in [1.82, 2.24) is 5.32 Å². The van der Waals surface area contributed by atoms with E-state index in [1.807, 2.05) is 0 Å². The number of halogens is 1. The van der Waals surface area contributed by atoms with Gasteiger partial charge in [0, 0.05) is 6.08 Å². The van der Waals surface area contributed by atoms with Gasteiger partial charge in [0.05, 0.1) is 0 Å². The largest absolute Gasteiger partial charge is 0.480 e. The average molecular weight is 330 g/mol. The van der Waals surface area contributed by atoms with Gasteiger partial charge in [-0.15, -0.1) is 0 Å². The molecule has 104 valence electrons. The quantitative estimate of drug-likeness (QED) is 0.832. The molecule has 0 aliphatic carbocycles. The van der Waals surface area contributed by atoms with Gasteiger partial charge in [-0.25, -0.2) is 4.79 Å². The van der Waals surface area contributed by atoms with Crippen LogP contribution in [0.2, 0.25) is 0 Å². The topological polar surface area (TPSA) is 79.5 Å². The molecule has 5 nitrogen and oxygen atoms in total. The van der Waals surface area contributed by atoms with E-state index in [0.717, 1.165) is 0 Å². The summed E-state index contributed by atoms with van der Waals surface area (Å²) >= 11 is 3.15. The molecule has 6 heteroatoms. The van der Waals surface area contributed by atoms with E-state index in [9.17, 15) is 9.59 Å². The van der Waals surface area contributed by atoms with Gasteiger partial charge in [0.25, 0.3) is 0 Å². The molecule has 0 aliphatic heterocycles. The van der Waals surface area contributed by atoms with Gasteiger partial charge in [-0.2, -0.15) is 0 Å². The molecule has 1 aromatic rings. The molecule has 19 heavy (non-hydrogen) atoms. The van der Waals surface area contributed by atoms with Crippen LogP contribution in [0.4, 0.5) is 0 Å². The van der Waals surface area contributed by atoms with Crippen molar-refractivity contribution in [2.75, 3.05) is 0 Å². The van der Waals surface area contributed by atoms with Crippen LogP contribution in [-0.4, -0.2) is 23.0 Å². The fraction of sp³-hybridized carbons (Fsp3) is 0.385. The third-order valence-corrected chi connectivity index (χ3v) is 2.82. The number of carbonyl (C=O) groups excluding carboxylic acids is 1. The summed E-state index contributed by atoms with van der Waals surface area (Å²) in [6, 6.07) is 2.44. The van der Waals surface area contributed by atoms with Crippen LogP contribution in [0.1, 0.15) is 26.5 Å². The Morgan fingerprint density at radius 2 is 2.05 bits per heavy atom. The lowest BCUT2D eigenvalue weighted by Gasteiger charge is -2.27. The number of aliphatic carboxylic acids is 1. The fourth-order valence-corrected chi connectivity index (χ4v) is 1.73. The lowest BCUT2D eigenvalue weighted by molar-refractivity contribution is -0.144. The van der Waals surface area contributed by atoms with Crippen LogP contribution in [0.15, 0.2) is 27.3 Å². The highest BCUT2D eigenvalue weighted by atomic mass is 79.9. The second-order valence-corrected chi connectivity index (χ2v) is 5.90. The Labute approximate surface area is 119 Å². The summed E-state index contributed by atoms with van der Waals surface area (Å²) in [5, 5.41) is 11.5. The Morgan fingerprint density at radius 3 is 2.47 bits per heavy atom. The summed E-state index contributed by atoms with van der Waals surface area (Å²) in [6.07, 6.45) is 2.72. The molecule has 0 aliphatic rings. The van der Waals surface area contributed by atoms with Crippen LogP contribution in [0.25, 0.3) is 6.08 Å². The highest BCUT2D eigenvalue weighted by Gasteiger charge is 2.31. The van der Waals surface area contributed by atoms with Crippen LogP contribution in [0.5, 0.6) is 0 Å². The molecule has 0 saturated heterocycles. The van der Waals surface area contributed by atoms with E-state index in [1.165, 1.54) is 12.2 Å². The third kappa shape index (κ3) is 4.90. The summed E-state index contributed by atoms with van der Waals surface area (Å²) in [5.74, 6) is -1.03. The van der Waals surface area contributed by atoms with E-state index < -0.39 is 23.3 Å². The maximum Gasteiger partial charge on any atom is 0.326 e. The summed E-state index contributed by atoms with van der Waals surface area (Å²) in [7, 11) is 0. The molecule has 1 atom stereocenters. The van der Waals surface area contributed by atoms with Crippen molar-refractivity contribution in [3.8, 4) is 0 Å². The van der Waals surface area contributed by atoms with Crippen LogP contribution < -0.4 is 5.32 Å². The summed E-state index contributed by atoms with van der Waals surface area (Å²) in [6.45, 7) is 5.25. The number of carboxylic acids is 1. The Morgan fingerprint density at radius 1 is 1.42 bits per heavy atom. The molecule has 0 unspecified atom stereocenters. The van der Waals surface area contributed by atoms with E-state index in [-0.39, 0.29) is 0 Å². The van der Waals surface area contributed by atoms with E-state index in [1.54, 1.807) is 32.9 Å². The Bertz CT molecular complexity index is 499. The average Bonchev–Trinajstić information content (AvgIpc) is 2.67. The first kappa shape index (κ1) is 15.5. The molecule has 0 saturated carbocycles. The van der Waals surface area contributed by atoms with Crippen molar-refractivity contribution >= 4 is 33.9 Å². The van der Waals surface area contributed by atoms with Crippen molar-refractivity contribution < 1.29 is 19.1 Å². The molecular weight excluding hydrogens is 314 g/mol. The van der Waals surface area contributed by atoms with E-state index in [0.29, 0.717) is 10.4 Å². The number of hydrogen-bond acceptors (Lipinski definition) is 3. The zero-order chi connectivity index (χ0) is 14.6. The van der Waals surface area contributed by atoms with Gasteiger partial charge in [-0.05, 0) is 39.6 Å². The van der Waals surface area contributed by atoms with Crippen LogP contribution >= 0.6 is 15.9 Å². The first-order valence-electron chi connectivity index (χ1n) is 5.67. The normalized spacial score (nSPS) is 13.5. The molecule has 1 amide bonds. The van der Waals surface area contributed by atoms with Crippen LogP contribution in [-0.2, 0) is 9.59 Å². The zero-order valence-electron chi connectivity index (χ0n) is 10.9. The lowest BCUT2D eigenvalue weighted by Crippen LogP contribution is -2.48. The molecular formula is C13H16BrNO4. The standard InChI is InChI=1S/C13H16BrNO4/c1-13(2,3)11(12(17)18)15-10(16)7-5-8-4-6-9(14)19-8/h4-7,11H,1-3H3,(H,15,16)(H,17,18)/b7-5+/t11-/m0/s1. The van der Waals surface area contributed by atoms with Crippen molar-refractivity contribution in [2.45, 2.75) is 26.8 Å². The highest BCUT2D eigenvalue weighted by Crippen LogP contribution is 2.19. The molecule has 1 heterocycles. The van der Waals surface area contributed by atoms with Crippen molar-refractivity contribution in [3.05, 3.63) is 28.6 Å². The smallest absolute Gasteiger partial charge is 0.326 e. The molecule has 1 rings (SSSR count). The van der Waals surface area contributed by atoms with E-state index in [2.05, 4.69) is 21.2 Å². The molecule has 0 radical (unpaired) electrons. The minimum atomic E-state index is -1.06. The first-order chi connectivity index (χ1) is 8.70. The minimum Gasteiger partial charge on any atom is -0.480 e. The number of carbonyl (C=O) groups is 2. The maximum atomic E-state index is 11.7. The summed E-state index contributed by atoms with van der Waals surface area (Å²) < 4.78 is 5.75. The zero-order valence-corrected chi connectivity index (χ0v) is 12.5. The fourth-order valence-electron chi connectivity index (χ4n) is 1.41. The number of nitrogens with one attached hydrogen (secondary N) is 1. The molecule has 2 N–H and O–H groups in total. The minimum absolute atomic E-state index is 0.477. The molecule has 0 aromatic carbocycles. The number of carboxylic acid groups (broad SMARTS) is 1. The van der Waals surface area contributed by atoms with Crippen LogP contribution in [0, 0.1) is 5.41 Å². The number of amides is 1.